The molecule has 0 unspecified atom stereocenters. The van der Waals surface area contributed by atoms with E-state index in [4.69, 9.17) is 13.9 Å². The molecule has 0 spiro atoms. The summed E-state index contributed by atoms with van der Waals surface area (Å²) in [5.74, 6) is -0.676. The predicted octanol–water partition coefficient (Wildman–Crippen LogP) is 7.05. The second-order valence-electron chi connectivity index (χ2n) is 10.1. The van der Waals surface area contributed by atoms with Crippen LogP contribution in [0.1, 0.15) is 42.4 Å². The molecule has 0 aliphatic rings. The molecule has 0 radical (unpaired) electrons. The molecular formula is C28H23FN4O5S2. The molecule has 1 N–H and O–H groups in total. The number of furan rings is 1. The maximum absolute atomic E-state index is 14.4. The van der Waals surface area contributed by atoms with Crippen molar-refractivity contribution in [1.29, 1.82) is 0 Å². The van der Waals surface area contributed by atoms with Gasteiger partial charge in [0, 0.05) is 23.1 Å². The quantitative estimate of drug-likeness (QED) is 0.214. The number of halogens is 1. The second-order valence-corrected chi connectivity index (χ2v) is 11.9. The molecule has 0 saturated carbocycles. The molecule has 0 aliphatic carbocycles. The van der Waals surface area contributed by atoms with Gasteiger partial charge in [-0.1, -0.05) is 26.8 Å². The number of hydrogen-bond donors (Lipinski definition) is 1. The van der Waals surface area contributed by atoms with Gasteiger partial charge in [0.25, 0.3) is 5.19 Å². The lowest BCUT2D eigenvalue weighted by atomic mass is 9.83. The van der Waals surface area contributed by atoms with Crippen molar-refractivity contribution in [1.82, 2.24) is 19.6 Å². The van der Waals surface area contributed by atoms with Crippen LogP contribution in [0.5, 0.6) is 10.9 Å². The van der Waals surface area contributed by atoms with E-state index in [1.165, 1.54) is 34.8 Å². The molecule has 40 heavy (non-hydrogen) atoms. The number of carboxylic acid groups (broad SMARTS) is 1. The minimum absolute atomic E-state index is 0.110. The van der Waals surface area contributed by atoms with Crippen molar-refractivity contribution >= 4 is 44.6 Å². The molecule has 0 amide bonds. The summed E-state index contributed by atoms with van der Waals surface area (Å²) in [7, 11) is 1.54. The van der Waals surface area contributed by atoms with Gasteiger partial charge in [0.2, 0.25) is 4.96 Å². The molecule has 0 atom stereocenters. The highest BCUT2D eigenvalue weighted by molar-refractivity contribution is 7.18. The fourth-order valence-electron chi connectivity index (χ4n) is 4.35. The van der Waals surface area contributed by atoms with Crippen LogP contribution in [0.15, 0.2) is 52.4 Å². The Hall–Kier alpha value is -4.29. The van der Waals surface area contributed by atoms with Gasteiger partial charge in [0.05, 0.1) is 30.0 Å². The number of benzene rings is 2. The molecule has 9 nitrogen and oxygen atoms in total. The molecule has 4 aromatic heterocycles. The number of thiazole rings is 1. The number of aromatic carboxylic acids is 1. The Labute approximate surface area is 235 Å². The summed E-state index contributed by atoms with van der Waals surface area (Å²) in [6.45, 7) is 6.04. The van der Waals surface area contributed by atoms with E-state index in [9.17, 15) is 14.3 Å². The maximum Gasteiger partial charge on any atom is 0.335 e. The molecule has 204 valence electrons. The van der Waals surface area contributed by atoms with Crippen LogP contribution < -0.4 is 9.47 Å². The van der Waals surface area contributed by atoms with E-state index < -0.39 is 11.8 Å². The van der Waals surface area contributed by atoms with Crippen LogP contribution in [-0.4, -0.2) is 37.8 Å². The lowest BCUT2D eigenvalue weighted by molar-refractivity contribution is 0.0694. The monoisotopic (exact) mass is 578 g/mol. The number of aromatic nitrogens is 4. The summed E-state index contributed by atoms with van der Waals surface area (Å²) < 4.78 is 33.1. The lowest BCUT2D eigenvalue weighted by Gasteiger charge is -2.22. The Bertz CT molecular complexity index is 1860. The summed E-state index contributed by atoms with van der Waals surface area (Å²) in [5, 5.41) is 17.6. The fraction of sp³-hybridized carbons (Fsp3) is 0.214. The Kier molecular flexibility index (Phi) is 6.31. The number of nitrogens with zero attached hydrogens (tertiary/aromatic N) is 4. The van der Waals surface area contributed by atoms with Crippen molar-refractivity contribution in [3.8, 4) is 33.0 Å². The molecule has 0 bridgehead atoms. The number of hydrogen-bond acceptors (Lipinski definition) is 9. The van der Waals surface area contributed by atoms with Gasteiger partial charge in [-0.15, -0.1) is 16.4 Å². The summed E-state index contributed by atoms with van der Waals surface area (Å²) in [4.78, 5) is 21.6. The Morgan fingerprint density at radius 2 is 2.00 bits per heavy atom. The molecule has 6 aromatic rings. The van der Waals surface area contributed by atoms with Crippen LogP contribution in [0, 0.1) is 5.82 Å². The first-order valence-corrected chi connectivity index (χ1v) is 13.9. The average molecular weight is 579 g/mol. The van der Waals surface area contributed by atoms with Gasteiger partial charge in [-0.05, 0) is 40.5 Å². The first-order valence-electron chi connectivity index (χ1n) is 12.2. The zero-order valence-electron chi connectivity index (χ0n) is 21.9. The van der Waals surface area contributed by atoms with Crippen LogP contribution in [0.3, 0.4) is 0 Å². The van der Waals surface area contributed by atoms with E-state index in [-0.39, 0.29) is 17.6 Å². The topological polar surface area (TPSA) is 112 Å². The summed E-state index contributed by atoms with van der Waals surface area (Å²) in [5.41, 5.74) is 3.03. The number of ether oxygens (including phenoxy) is 2. The Morgan fingerprint density at radius 1 is 1.18 bits per heavy atom. The SMILES string of the molecule is COc1nn2cc(-c3cc4c(OCc5csc(-c6ccc(C(=O)O)c(C(C)(C)C)c6)n5)cc(F)cc4o3)nc2s1. The van der Waals surface area contributed by atoms with Crippen molar-refractivity contribution in [2.24, 2.45) is 0 Å². The smallest absolute Gasteiger partial charge is 0.335 e. The van der Waals surface area contributed by atoms with Gasteiger partial charge in [-0.25, -0.2) is 23.7 Å². The third kappa shape index (κ3) is 4.80. The third-order valence-electron chi connectivity index (χ3n) is 6.25. The molecule has 2 aromatic carbocycles. The van der Waals surface area contributed by atoms with E-state index in [2.05, 4.69) is 15.1 Å². The van der Waals surface area contributed by atoms with Crippen LogP contribution in [-0.2, 0) is 12.0 Å². The van der Waals surface area contributed by atoms with Crippen LogP contribution >= 0.6 is 22.7 Å². The summed E-state index contributed by atoms with van der Waals surface area (Å²) in [6.07, 6.45) is 1.72. The third-order valence-corrected chi connectivity index (χ3v) is 8.07. The van der Waals surface area contributed by atoms with Gasteiger partial charge >= 0.3 is 5.97 Å². The van der Waals surface area contributed by atoms with Crippen molar-refractivity contribution < 1.29 is 28.2 Å². The van der Waals surface area contributed by atoms with Crippen LogP contribution in [0.4, 0.5) is 4.39 Å². The van der Waals surface area contributed by atoms with Crippen LogP contribution in [0.25, 0.3) is 38.0 Å². The maximum atomic E-state index is 14.4. The van der Waals surface area contributed by atoms with Crippen molar-refractivity contribution in [2.45, 2.75) is 32.8 Å². The van der Waals surface area contributed by atoms with E-state index in [1.54, 1.807) is 36.0 Å². The first kappa shape index (κ1) is 26.0. The van der Waals surface area contributed by atoms with Crippen LogP contribution in [0.2, 0.25) is 0 Å². The van der Waals surface area contributed by atoms with E-state index in [0.29, 0.717) is 44.0 Å². The van der Waals surface area contributed by atoms with Crippen molar-refractivity contribution in [3.05, 3.63) is 70.6 Å². The van der Waals surface area contributed by atoms with E-state index in [1.807, 2.05) is 32.2 Å². The Morgan fingerprint density at radius 3 is 2.73 bits per heavy atom. The van der Waals surface area contributed by atoms with Crippen molar-refractivity contribution in [3.63, 3.8) is 0 Å². The van der Waals surface area contributed by atoms with Gasteiger partial charge < -0.3 is 19.0 Å². The standard InChI is InChI=1S/C28H23FN4O5S2/c1-28(2,3)19-7-14(5-6-17(19)25(34)35)24-30-16(13-39-24)12-37-21-8-15(29)9-22-18(21)10-23(38-22)20-11-33-26(31-20)40-27(32-33)36-4/h5-11,13H,12H2,1-4H3,(H,34,35). The number of carbonyl (C=O) groups is 1. The normalized spacial score (nSPS) is 11.9. The highest BCUT2D eigenvalue weighted by Crippen LogP contribution is 2.36. The molecule has 4 heterocycles. The van der Waals surface area contributed by atoms with Gasteiger partial charge in [-0.3, -0.25) is 0 Å². The number of carboxylic acids is 1. The fourth-order valence-corrected chi connectivity index (χ4v) is 5.85. The second kappa shape index (κ2) is 9.72. The van der Waals surface area contributed by atoms with Crippen molar-refractivity contribution in [2.75, 3.05) is 7.11 Å². The Balaban J connectivity index is 1.25. The number of rotatable bonds is 7. The number of methoxy groups -OCH3 is 1. The summed E-state index contributed by atoms with van der Waals surface area (Å²) >= 11 is 2.72. The van der Waals surface area contributed by atoms with Gasteiger partial charge in [-0.2, -0.15) is 0 Å². The average Bonchev–Trinajstić information content (AvgIpc) is 3.68. The first-order chi connectivity index (χ1) is 19.1. The number of fused-ring (bicyclic) bond motifs is 2. The molecule has 0 fully saturated rings. The summed E-state index contributed by atoms with van der Waals surface area (Å²) in [6, 6.07) is 9.64. The highest BCUT2D eigenvalue weighted by Gasteiger charge is 2.23. The molecular weight excluding hydrogens is 555 g/mol. The zero-order chi connectivity index (χ0) is 28.2. The van der Waals surface area contributed by atoms with E-state index >= 15 is 0 Å². The molecule has 12 heteroatoms. The minimum atomic E-state index is -0.960. The molecule has 0 saturated heterocycles. The molecule has 6 rings (SSSR count). The highest BCUT2D eigenvalue weighted by atomic mass is 32.1. The zero-order valence-corrected chi connectivity index (χ0v) is 23.5. The molecule has 0 aliphatic heterocycles. The number of imidazole rings is 1. The predicted molar refractivity (Wildman–Crippen MR) is 150 cm³/mol. The minimum Gasteiger partial charge on any atom is -0.486 e. The lowest BCUT2D eigenvalue weighted by Crippen LogP contribution is -2.17. The largest absolute Gasteiger partial charge is 0.486 e. The van der Waals surface area contributed by atoms with Gasteiger partial charge in [0.15, 0.2) is 5.76 Å². The van der Waals surface area contributed by atoms with Gasteiger partial charge in [0.1, 0.15) is 34.5 Å². The van der Waals surface area contributed by atoms with E-state index in [0.717, 1.165) is 16.1 Å².